The van der Waals surface area contributed by atoms with Gasteiger partial charge in [-0.2, -0.15) is 0 Å². The number of carbonyl (C=O) groups excluding carboxylic acids is 2. The number of rotatable bonds is 8. The molecular formula is C26H32N4O4. The predicted octanol–water partition coefficient (Wildman–Crippen LogP) is 2.78. The largest absolute Gasteiger partial charge is 0.493 e. The van der Waals surface area contributed by atoms with Gasteiger partial charge in [-0.1, -0.05) is 36.4 Å². The molecule has 2 aromatic carbocycles. The van der Waals surface area contributed by atoms with Gasteiger partial charge in [0.25, 0.3) is 5.91 Å². The lowest BCUT2D eigenvalue weighted by atomic mass is 10.1. The van der Waals surface area contributed by atoms with Crippen LogP contribution in [0.3, 0.4) is 0 Å². The van der Waals surface area contributed by atoms with Crippen LogP contribution in [0.25, 0.3) is 6.08 Å². The van der Waals surface area contributed by atoms with Crippen LogP contribution in [0.2, 0.25) is 0 Å². The van der Waals surface area contributed by atoms with Crippen molar-refractivity contribution in [2.45, 2.75) is 13.1 Å². The molecule has 0 aliphatic carbocycles. The Labute approximate surface area is 200 Å². The Morgan fingerprint density at radius 3 is 2.38 bits per heavy atom. The van der Waals surface area contributed by atoms with Crippen molar-refractivity contribution in [1.29, 1.82) is 0 Å². The molecule has 0 radical (unpaired) electrons. The second kappa shape index (κ2) is 11.9. The average Bonchev–Trinajstić information content (AvgIpc) is 2.86. The minimum absolute atomic E-state index is 0.0568. The van der Waals surface area contributed by atoms with Crippen molar-refractivity contribution in [3.8, 4) is 11.5 Å². The van der Waals surface area contributed by atoms with Gasteiger partial charge in [0.05, 0.1) is 25.9 Å². The molecule has 0 saturated carbocycles. The Hall–Kier alpha value is -3.78. The van der Waals surface area contributed by atoms with E-state index in [2.05, 4.69) is 10.2 Å². The summed E-state index contributed by atoms with van der Waals surface area (Å²) in [7, 11) is 3.18. The first-order valence-corrected chi connectivity index (χ1v) is 11.2. The van der Waals surface area contributed by atoms with Crippen LogP contribution in [0.1, 0.15) is 22.8 Å². The first-order chi connectivity index (χ1) is 16.4. The van der Waals surface area contributed by atoms with E-state index in [0.29, 0.717) is 48.9 Å². The van der Waals surface area contributed by atoms with Crippen LogP contribution in [-0.2, 0) is 4.79 Å². The van der Waals surface area contributed by atoms with E-state index in [4.69, 9.17) is 15.2 Å². The molecule has 1 aliphatic heterocycles. The summed E-state index contributed by atoms with van der Waals surface area (Å²) in [6, 6.07) is 12.7. The minimum atomic E-state index is -0.181. The molecule has 34 heavy (non-hydrogen) atoms. The molecule has 1 aliphatic rings. The predicted molar refractivity (Wildman–Crippen MR) is 134 cm³/mol. The molecule has 2 aromatic rings. The highest BCUT2D eigenvalue weighted by molar-refractivity contribution is 5.99. The van der Waals surface area contributed by atoms with Crippen molar-refractivity contribution in [1.82, 2.24) is 15.1 Å². The summed E-state index contributed by atoms with van der Waals surface area (Å²) in [5.74, 6) is 1.07. The molecule has 8 heteroatoms. The van der Waals surface area contributed by atoms with Crippen molar-refractivity contribution in [3.63, 3.8) is 0 Å². The van der Waals surface area contributed by atoms with Gasteiger partial charge in [-0.25, -0.2) is 0 Å². The van der Waals surface area contributed by atoms with E-state index in [1.165, 1.54) is 6.08 Å². The molecule has 1 saturated heterocycles. The third-order valence-electron chi connectivity index (χ3n) is 5.75. The molecule has 3 rings (SSSR count). The zero-order chi connectivity index (χ0) is 24.5. The highest BCUT2D eigenvalue weighted by Crippen LogP contribution is 2.28. The summed E-state index contributed by atoms with van der Waals surface area (Å²) in [5.41, 5.74) is 7.89. The van der Waals surface area contributed by atoms with Gasteiger partial charge in [0.15, 0.2) is 11.5 Å². The Bertz CT molecular complexity index is 1060. The fraction of sp³-hybridized carbons (Fsp3) is 0.308. The number of amides is 2. The second-order valence-corrected chi connectivity index (χ2v) is 7.93. The lowest BCUT2D eigenvalue weighted by Gasteiger charge is -2.38. The average molecular weight is 465 g/mol. The van der Waals surface area contributed by atoms with E-state index < -0.39 is 0 Å². The third-order valence-corrected chi connectivity index (χ3v) is 5.75. The maximum atomic E-state index is 12.7. The van der Waals surface area contributed by atoms with E-state index in [1.54, 1.807) is 43.4 Å². The number of anilines is 1. The number of nitrogens with one attached hydrogen (secondary N) is 1. The van der Waals surface area contributed by atoms with Crippen LogP contribution in [-0.4, -0.2) is 68.2 Å². The van der Waals surface area contributed by atoms with Crippen molar-refractivity contribution in [3.05, 3.63) is 71.8 Å². The first kappa shape index (κ1) is 24.9. The number of nitrogens with zero attached hydrogens (tertiary/aromatic N) is 2. The second-order valence-electron chi connectivity index (χ2n) is 7.93. The molecule has 2 amide bonds. The van der Waals surface area contributed by atoms with Gasteiger partial charge in [-0.15, -0.1) is 0 Å². The van der Waals surface area contributed by atoms with Gasteiger partial charge in [0.1, 0.15) is 0 Å². The molecule has 8 nitrogen and oxygen atoms in total. The molecule has 180 valence electrons. The third kappa shape index (κ3) is 6.39. The number of para-hydroxylation sites is 1. The molecule has 3 N–H and O–H groups in total. The lowest BCUT2D eigenvalue weighted by Crippen LogP contribution is -2.55. The molecular weight excluding hydrogens is 432 g/mol. The summed E-state index contributed by atoms with van der Waals surface area (Å²) < 4.78 is 10.5. The number of methoxy groups -OCH3 is 2. The lowest BCUT2D eigenvalue weighted by molar-refractivity contribution is -0.118. The molecule has 1 atom stereocenters. The number of hydrogen-bond acceptors (Lipinski definition) is 6. The summed E-state index contributed by atoms with van der Waals surface area (Å²) in [6.45, 7) is 4.44. The quantitative estimate of drug-likeness (QED) is 0.354. The number of nitrogens with two attached hydrogens (primary N) is 1. The molecule has 1 heterocycles. The summed E-state index contributed by atoms with van der Waals surface area (Å²) in [5, 5.41) is 2.97. The number of piperazine rings is 1. The van der Waals surface area contributed by atoms with Crippen LogP contribution >= 0.6 is 0 Å². The van der Waals surface area contributed by atoms with Crippen LogP contribution in [0, 0.1) is 0 Å². The Balaban J connectivity index is 1.46. The van der Waals surface area contributed by atoms with E-state index in [0.717, 1.165) is 5.56 Å². The normalized spacial score (nSPS) is 15.4. The van der Waals surface area contributed by atoms with Crippen LogP contribution < -0.4 is 20.5 Å². The van der Waals surface area contributed by atoms with Crippen molar-refractivity contribution in [2.24, 2.45) is 0 Å². The summed E-state index contributed by atoms with van der Waals surface area (Å²) >= 11 is 0. The first-order valence-electron chi connectivity index (χ1n) is 11.2. The molecule has 1 fully saturated rings. The van der Waals surface area contributed by atoms with E-state index in [9.17, 15) is 9.59 Å². The number of nitrogen functional groups attached to an aromatic ring is 1. The van der Waals surface area contributed by atoms with Gasteiger partial charge in [0, 0.05) is 37.9 Å². The SMILES string of the molecule is COc1ccc(C=CC=CC(=O)NC(C)N2CCN(C(=O)c3ccccc3N)CC2)cc1OC. The van der Waals surface area contributed by atoms with E-state index in [-0.39, 0.29) is 18.0 Å². The van der Waals surface area contributed by atoms with Gasteiger partial charge in [-0.3, -0.25) is 14.5 Å². The number of allylic oxidation sites excluding steroid dienone is 2. The Morgan fingerprint density at radius 2 is 1.71 bits per heavy atom. The Morgan fingerprint density at radius 1 is 1.00 bits per heavy atom. The highest BCUT2D eigenvalue weighted by Gasteiger charge is 2.25. The van der Waals surface area contributed by atoms with Crippen LogP contribution in [0.5, 0.6) is 11.5 Å². The smallest absolute Gasteiger partial charge is 0.256 e. The molecule has 0 spiro atoms. The standard InChI is InChI=1S/C26H32N4O4/c1-19(29-14-16-30(17-15-29)26(32)21-9-5-6-10-22(21)27)28-25(31)11-7-4-8-20-12-13-23(33-2)24(18-20)34-3/h4-13,18-19H,14-17,27H2,1-3H3,(H,28,31). The molecule has 0 aromatic heterocycles. The van der Waals surface area contributed by atoms with Gasteiger partial charge in [-0.05, 0) is 36.8 Å². The maximum absolute atomic E-state index is 12.7. The topological polar surface area (TPSA) is 97.1 Å². The number of ether oxygens (including phenoxy) is 2. The number of carbonyl (C=O) groups is 2. The van der Waals surface area contributed by atoms with Crippen molar-refractivity contribution < 1.29 is 19.1 Å². The summed E-state index contributed by atoms with van der Waals surface area (Å²) in [4.78, 5) is 29.0. The van der Waals surface area contributed by atoms with Crippen LogP contribution in [0.15, 0.2) is 60.7 Å². The Kier molecular flexibility index (Phi) is 8.70. The van der Waals surface area contributed by atoms with Gasteiger partial charge in [0.2, 0.25) is 5.91 Å². The number of benzene rings is 2. The van der Waals surface area contributed by atoms with E-state index >= 15 is 0 Å². The van der Waals surface area contributed by atoms with Gasteiger partial charge >= 0.3 is 0 Å². The minimum Gasteiger partial charge on any atom is -0.493 e. The van der Waals surface area contributed by atoms with Crippen molar-refractivity contribution in [2.75, 3.05) is 46.1 Å². The fourth-order valence-corrected chi connectivity index (χ4v) is 3.79. The van der Waals surface area contributed by atoms with E-state index in [1.807, 2.05) is 43.3 Å². The maximum Gasteiger partial charge on any atom is 0.256 e. The molecule has 1 unspecified atom stereocenters. The summed E-state index contributed by atoms with van der Waals surface area (Å²) in [6.07, 6.45) is 6.72. The zero-order valence-corrected chi connectivity index (χ0v) is 19.9. The highest BCUT2D eigenvalue weighted by atomic mass is 16.5. The monoisotopic (exact) mass is 464 g/mol. The van der Waals surface area contributed by atoms with Gasteiger partial charge < -0.3 is 25.4 Å². The van der Waals surface area contributed by atoms with Crippen molar-refractivity contribution >= 4 is 23.6 Å². The van der Waals surface area contributed by atoms with Crippen LogP contribution in [0.4, 0.5) is 5.69 Å². The fourth-order valence-electron chi connectivity index (χ4n) is 3.79. The molecule has 0 bridgehead atoms. The number of hydrogen-bond donors (Lipinski definition) is 2. The zero-order valence-electron chi connectivity index (χ0n) is 19.9.